The molecule has 0 aliphatic heterocycles. The fourth-order valence-corrected chi connectivity index (χ4v) is 13.0. The van der Waals surface area contributed by atoms with Crippen LogP contribution in [0.25, 0.3) is 108 Å². The first kappa shape index (κ1) is 91.7. The Balaban J connectivity index is 0.000000265. The molecule has 0 fully saturated rings. The van der Waals surface area contributed by atoms with Crippen LogP contribution in [0.15, 0.2) is 291 Å². The summed E-state index contributed by atoms with van der Waals surface area (Å²) in [7, 11) is 0. The lowest BCUT2D eigenvalue weighted by molar-refractivity contribution is 1.34. The van der Waals surface area contributed by atoms with Crippen molar-refractivity contribution in [3.8, 4) is 0 Å². The van der Waals surface area contributed by atoms with E-state index in [1.807, 2.05) is 96.9 Å². The Morgan fingerprint density at radius 1 is 0.109 bits per heavy atom. The zero-order chi connectivity index (χ0) is 81.6. The second-order valence-electron chi connectivity index (χ2n) is 26.2. The first-order valence-corrected chi connectivity index (χ1v) is 40.9. The van der Waals surface area contributed by atoms with Gasteiger partial charge in [-0.3, -0.25) is 0 Å². The van der Waals surface area contributed by atoms with E-state index in [0.29, 0.717) is 0 Å². The molecule has 17 aromatic carbocycles. The van der Waals surface area contributed by atoms with E-state index in [2.05, 4.69) is 388 Å². The molecule has 0 aliphatic rings. The van der Waals surface area contributed by atoms with Gasteiger partial charge in [0.2, 0.25) is 0 Å². The lowest BCUT2D eigenvalue weighted by atomic mass is 9.93. The minimum absolute atomic E-state index is 1.32. The number of hydrogen-bond acceptors (Lipinski definition) is 0. The van der Waals surface area contributed by atoms with Crippen molar-refractivity contribution in [1.82, 2.24) is 0 Å². The Morgan fingerprint density at radius 2 is 0.327 bits per heavy atom. The van der Waals surface area contributed by atoms with E-state index in [0.717, 1.165) is 0 Å². The molecule has 0 radical (unpaired) electrons. The van der Waals surface area contributed by atoms with E-state index in [1.165, 1.54) is 186 Å². The highest BCUT2D eigenvalue weighted by Gasteiger charge is 2.09. The molecular formula is C110H132. The molecule has 0 atom stereocenters. The standard InChI is InChI=1S/4C16H14.2C12H12.C8H10.7C2H6/c1-11-12(2)14-8-4-6-10-16(14)15-9-5-3-7-13(11)15;1-11-7-15-9-13-5-3-4-6-14(13)10-16(15)8-12(11)2;1-11-7-9-16-14(12(11)2)10-8-13-5-3-4-6-15(13)16;1-11-7-8-15-9-13-5-3-4-6-14(13)10-16(15)12(11)2;1-9-7-11-5-3-4-6-12(11)8-10(9)2;1-9-7-8-11-5-3-4-6-12(11)10(9)2;1-7-5-3-4-6-8(7)2;7*1-2/h4*3-10H,1-2H3;2*3-8H,1-2H3;3-6H,1-2H3;7*1-2H3. The van der Waals surface area contributed by atoms with Crippen LogP contribution < -0.4 is 0 Å². The molecule has 0 unspecified atom stereocenters. The Labute approximate surface area is 666 Å². The highest BCUT2D eigenvalue weighted by molar-refractivity contribution is 6.11. The highest BCUT2D eigenvalue weighted by atomic mass is 14.1. The van der Waals surface area contributed by atoms with Gasteiger partial charge in [-0.15, -0.1) is 0 Å². The van der Waals surface area contributed by atoms with Gasteiger partial charge in [0, 0.05) is 0 Å². The quantitative estimate of drug-likeness (QED) is 0.105. The van der Waals surface area contributed by atoms with E-state index >= 15 is 0 Å². The Bertz CT molecular complexity index is 5400. The molecule has 0 nitrogen and oxygen atoms in total. The summed E-state index contributed by atoms with van der Waals surface area (Å²) >= 11 is 0. The second-order valence-corrected chi connectivity index (χ2v) is 26.2. The SMILES string of the molecule is CC.CC.CC.CC.CC.CC.CC.Cc1c(C)c2ccccc2c2ccccc12.Cc1cc2cc3ccccc3cc2cc1C.Cc1cc2ccccc2cc1C.Cc1ccc2c(ccc3ccccc32)c1C.Cc1ccc2cc3ccccc3cc2c1C.Cc1ccc2ccccc2c1C.Cc1ccccc1C. The van der Waals surface area contributed by atoms with Gasteiger partial charge in [-0.25, -0.2) is 0 Å². The third-order valence-electron chi connectivity index (χ3n) is 20.0. The molecule has 110 heavy (non-hydrogen) atoms. The fraction of sp³-hybridized carbons (Fsp3) is 0.255. The summed E-state index contributed by atoms with van der Waals surface area (Å²) in [6, 6.07) is 104. The van der Waals surface area contributed by atoms with Crippen LogP contribution in [0.3, 0.4) is 0 Å². The maximum Gasteiger partial charge on any atom is -0.0103 e. The topological polar surface area (TPSA) is 0 Å². The number of aryl methyl sites for hydroxylation is 14. The summed E-state index contributed by atoms with van der Waals surface area (Å²) in [6.45, 7) is 58.4. The van der Waals surface area contributed by atoms with Crippen molar-refractivity contribution in [3.63, 3.8) is 0 Å². The number of benzene rings is 17. The van der Waals surface area contributed by atoms with Gasteiger partial charge in [0.25, 0.3) is 0 Å². The molecule has 0 bridgehead atoms. The predicted octanol–water partition coefficient (Wildman–Crippen LogP) is 34.8. The largest absolute Gasteiger partial charge is 0.0683 e. The molecule has 0 aromatic heterocycles. The number of hydrogen-bond donors (Lipinski definition) is 0. The molecule has 0 N–H and O–H groups in total. The lowest BCUT2D eigenvalue weighted by Gasteiger charge is -2.11. The zero-order valence-electron chi connectivity index (χ0n) is 72.7. The predicted molar refractivity (Wildman–Crippen MR) is 506 cm³/mol. The molecule has 0 heteroatoms. The average molecular weight is 1450 g/mol. The van der Waals surface area contributed by atoms with Crippen molar-refractivity contribution >= 4 is 108 Å². The molecule has 0 amide bonds. The smallest absolute Gasteiger partial charge is 0.0103 e. The van der Waals surface area contributed by atoms with Gasteiger partial charge in [0.15, 0.2) is 0 Å². The van der Waals surface area contributed by atoms with Crippen molar-refractivity contribution < 1.29 is 0 Å². The first-order chi connectivity index (χ1) is 53.4. The molecular weight excluding hydrogens is 1320 g/mol. The van der Waals surface area contributed by atoms with Gasteiger partial charge < -0.3 is 0 Å². The number of fused-ring (bicyclic) bond motifs is 12. The summed E-state index contributed by atoms with van der Waals surface area (Å²) < 4.78 is 0. The van der Waals surface area contributed by atoms with Crippen LogP contribution in [0.4, 0.5) is 0 Å². The highest BCUT2D eigenvalue weighted by Crippen LogP contribution is 2.34. The Morgan fingerprint density at radius 3 is 0.709 bits per heavy atom. The van der Waals surface area contributed by atoms with Crippen molar-refractivity contribution in [1.29, 1.82) is 0 Å². The molecule has 17 aromatic rings. The van der Waals surface area contributed by atoms with Crippen LogP contribution in [0, 0.1) is 96.9 Å². The van der Waals surface area contributed by atoms with Gasteiger partial charge in [-0.1, -0.05) is 364 Å². The Kier molecular flexibility index (Phi) is 40.0. The maximum absolute atomic E-state index is 2.30. The third-order valence-corrected chi connectivity index (χ3v) is 20.0. The summed E-state index contributed by atoms with van der Waals surface area (Å²) in [5.74, 6) is 0. The normalized spacial score (nSPS) is 9.82. The molecule has 572 valence electrons. The molecule has 0 aliphatic carbocycles. The van der Waals surface area contributed by atoms with Gasteiger partial charge in [0.05, 0.1) is 0 Å². The van der Waals surface area contributed by atoms with E-state index in [4.69, 9.17) is 0 Å². The molecule has 0 saturated heterocycles. The van der Waals surface area contributed by atoms with Crippen LogP contribution in [0.1, 0.15) is 175 Å². The van der Waals surface area contributed by atoms with Crippen LogP contribution in [0.2, 0.25) is 0 Å². The van der Waals surface area contributed by atoms with Crippen LogP contribution in [0.5, 0.6) is 0 Å². The van der Waals surface area contributed by atoms with E-state index in [9.17, 15) is 0 Å². The molecule has 17 rings (SSSR count). The van der Waals surface area contributed by atoms with Crippen LogP contribution in [-0.2, 0) is 0 Å². The summed E-state index contributed by atoms with van der Waals surface area (Å²) in [5, 5.41) is 26.9. The van der Waals surface area contributed by atoms with Crippen LogP contribution >= 0.6 is 0 Å². The van der Waals surface area contributed by atoms with Gasteiger partial charge >= 0.3 is 0 Å². The second kappa shape index (κ2) is 48.0. The Hall–Kier alpha value is -10.7. The van der Waals surface area contributed by atoms with Crippen LogP contribution in [-0.4, -0.2) is 0 Å². The van der Waals surface area contributed by atoms with Crippen molar-refractivity contribution in [2.45, 2.75) is 194 Å². The van der Waals surface area contributed by atoms with Gasteiger partial charge in [-0.05, 0) is 307 Å². The average Bonchev–Trinajstić information content (AvgIpc) is 0.789. The number of rotatable bonds is 0. The minimum atomic E-state index is 1.32. The maximum atomic E-state index is 2.30. The third kappa shape index (κ3) is 24.2. The van der Waals surface area contributed by atoms with Crippen molar-refractivity contribution in [2.75, 3.05) is 0 Å². The lowest BCUT2D eigenvalue weighted by Crippen LogP contribution is -1.87. The molecule has 0 saturated carbocycles. The van der Waals surface area contributed by atoms with E-state index in [-0.39, 0.29) is 0 Å². The monoisotopic (exact) mass is 1450 g/mol. The minimum Gasteiger partial charge on any atom is -0.0683 e. The fourth-order valence-electron chi connectivity index (χ4n) is 13.0. The summed E-state index contributed by atoms with van der Waals surface area (Å²) in [4.78, 5) is 0. The first-order valence-electron chi connectivity index (χ1n) is 40.9. The van der Waals surface area contributed by atoms with Gasteiger partial charge in [0.1, 0.15) is 0 Å². The van der Waals surface area contributed by atoms with Gasteiger partial charge in [-0.2, -0.15) is 0 Å². The van der Waals surface area contributed by atoms with Crippen molar-refractivity contribution in [2.24, 2.45) is 0 Å². The molecule has 0 heterocycles. The van der Waals surface area contributed by atoms with E-state index < -0.39 is 0 Å². The summed E-state index contributed by atoms with van der Waals surface area (Å²) in [5.41, 5.74) is 19.3. The van der Waals surface area contributed by atoms with Crippen molar-refractivity contribution in [3.05, 3.63) is 369 Å². The zero-order valence-corrected chi connectivity index (χ0v) is 72.7. The summed E-state index contributed by atoms with van der Waals surface area (Å²) in [6.07, 6.45) is 0. The molecule has 0 spiro atoms. The van der Waals surface area contributed by atoms with E-state index in [1.54, 1.807) is 0 Å².